The molecule has 14 heavy (non-hydrogen) atoms. The lowest BCUT2D eigenvalue weighted by atomic mass is 10.2. The molecule has 1 saturated heterocycles. The summed E-state index contributed by atoms with van der Waals surface area (Å²) in [5.41, 5.74) is 0. The summed E-state index contributed by atoms with van der Waals surface area (Å²) in [5.74, 6) is 1.31. The van der Waals surface area contributed by atoms with Crippen molar-refractivity contribution in [3.63, 3.8) is 0 Å². The largest absolute Gasteiger partial charge is 0.353 e. The molecule has 2 unspecified atom stereocenters. The molecule has 2 atom stereocenters. The van der Waals surface area contributed by atoms with Gasteiger partial charge in [0.25, 0.3) is 0 Å². The number of nitrogens with one attached hydrogen (secondary N) is 2. The molecule has 1 fully saturated rings. The molecule has 2 N–H and O–H groups in total. The van der Waals surface area contributed by atoms with Crippen molar-refractivity contribution in [3.05, 3.63) is 0 Å². The van der Waals surface area contributed by atoms with Gasteiger partial charge in [0.1, 0.15) is 0 Å². The van der Waals surface area contributed by atoms with E-state index in [-0.39, 0.29) is 11.9 Å². The molecule has 1 rings (SSSR count). The number of hydrogen-bond acceptors (Lipinski definition) is 3. The standard InChI is InChI=1S/C10H20N2OS/c1-7(2)12-10(13)6-11-9-4-5-14-8(9)3/h7-9,11H,4-6H2,1-3H3,(H,12,13). The Hall–Kier alpha value is -0.220. The molecule has 1 amide bonds. The first kappa shape index (κ1) is 11.9. The van der Waals surface area contributed by atoms with Crippen LogP contribution >= 0.6 is 11.8 Å². The van der Waals surface area contributed by atoms with Crippen LogP contribution in [0.15, 0.2) is 0 Å². The fourth-order valence-corrected chi connectivity index (χ4v) is 2.82. The molecule has 3 nitrogen and oxygen atoms in total. The molecular formula is C10H20N2OS. The summed E-state index contributed by atoms with van der Waals surface area (Å²) < 4.78 is 0. The van der Waals surface area contributed by atoms with Gasteiger partial charge in [-0.3, -0.25) is 4.79 Å². The third-order valence-corrected chi connectivity index (χ3v) is 3.68. The molecule has 0 radical (unpaired) electrons. The Balaban J connectivity index is 2.16. The maximum atomic E-state index is 11.3. The predicted molar refractivity (Wildman–Crippen MR) is 61.6 cm³/mol. The highest BCUT2D eigenvalue weighted by Crippen LogP contribution is 2.25. The molecule has 4 heteroatoms. The van der Waals surface area contributed by atoms with Gasteiger partial charge >= 0.3 is 0 Å². The van der Waals surface area contributed by atoms with Crippen LogP contribution in [-0.4, -0.2) is 35.5 Å². The quantitative estimate of drug-likeness (QED) is 0.736. The average Bonchev–Trinajstić information content (AvgIpc) is 2.46. The van der Waals surface area contributed by atoms with E-state index in [4.69, 9.17) is 0 Å². The van der Waals surface area contributed by atoms with E-state index in [0.29, 0.717) is 17.8 Å². The highest BCUT2D eigenvalue weighted by molar-refractivity contribution is 8.00. The van der Waals surface area contributed by atoms with Crippen LogP contribution in [0, 0.1) is 0 Å². The summed E-state index contributed by atoms with van der Waals surface area (Å²) in [6.45, 7) is 6.63. The summed E-state index contributed by atoms with van der Waals surface area (Å²) in [5, 5.41) is 6.82. The van der Waals surface area contributed by atoms with Crippen LogP contribution in [0.5, 0.6) is 0 Å². The van der Waals surface area contributed by atoms with Crippen molar-refractivity contribution in [1.29, 1.82) is 0 Å². The van der Waals surface area contributed by atoms with E-state index in [1.165, 1.54) is 12.2 Å². The molecule has 1 heterocycles. The van der Waals surface area contributed by atoms with Gasteiger partial charge in [0.2, 0.25) is 5.91 Å². The molecular weight excluding hydrogens is 196 g/mol. The van der Waals surface area contributed by atoms with Gasteiger partial charge in [-0.2, -0.15) is 11.8 Å². The molecule has 0 aromatic carbocycles. The lowest BCUT2D eigenvalue weighted by Gasteiger charge is -2.16. The van der Waals surface area contributed by atoms with E-state index in [2.05, 4.69) is 17.6 Å². The normalized spacial score (nSPS) is 26.9. The van der Waals surface area contributed by atoms with Gasteiger partial charge < -0.3 is 10.6 Å². The zero-order chi connectivity index (χ0) is 10.6. The summed E-state index contributed by atoms with van der Waals surface area (Å²) in [7, 11) is 0. The Labute approximate surface area is 90.4 Å². The van der Waals surface area contributed by atoms with Gasteiger partial charge in [-0.1, -0.05) is 6.92 Å². The van der Waals surface area contributed by atoms with E-state index < -0.39 is 0 Å². The van der Waals surface area contributed by atoms with Crippen LogP contribution in [0.25, 0.3) is 0 Å². The molecule has 1 aliphatic heterocycles. The van der Waals surface area contributed by atoms with Crippen LogP contribution in [0.3, 0.4) is 0 Å². The second kappa shape index (κ2) is 5.61. The fraction of sp³-hybridized carbons (Fsp3) is 0.900. The van der Waals surface area contributed by atoms with Crippen molar-refractivity contribution >= 4 is 17.7 Å². The van der Waals surface area contributed by atoms with Crippen LogP contribution < -0.4 is 10.6 Å². The monoisotopic (exact) mass is 216 g/mol. The van der Waals surface area contributed by atoms with Crippen molar-refractivity contribution in [3.8, 4) is 0 Å². The summed E-state index contributed by atoms with van der Waals surface area (Å²) in [4.78, 5) is 11.3. The first-order valence-electron chi connectivity index (χ1n) is 5.24. The van der Waals surface area contributed by atoms with Crippen LogP contribution in [0.2, 0.25) is 0 Å². The highest BCUT2D eigenvalue weighted by atomic mass is 32.2. The van der Waals surface area contributed by atoms with Crippen LogP contribution in [0.4, 0.5) is 0 Å². The third kappa shape index (κ3) is 3.88. The average molecular weight is 216 g/mol. The zero-order valence-electron chi connectivity index (χ0n) is 9.17. The van der Waals surface area contributed by atoms with E-state index >= 15 is 0 Å². The van der Waals surface area contributed by atoms with Crippen molar-refractivity contribution in [2.24, 2.45) is 0 Å². The van der Waals surface area contributed by atoms with E-state index in [1.807, 2.05) is 25.6 Å². The summed E-state index contributed by atoms with van der Waals surface area (Å²) >= 11 is 1.98. The lowest BCUT2D eigenvalue weighted by molar-refractivity contribution is -0.120. The summed E-state index contributed by atoms with van der Waals surface area (Å²) in [6, 6.07) is 0.748. The maximum Gasteiger partial charge on any atom is 0.234 e. The number of carbonyl (C=O) groups excluding carboxylic acids is 1. The number of hydrogen-bond donors (Lipinski definition) is 2. The third-order valence-electron chi connectivity index (χ3n) is 2.35. The minimum atomic E-state index is 0.101. The topological polar surface area (TPSA) is 41.1 Å². The second-order valence-corrected chi connectivity index (χ2v) is 5.56. The van der Waals surface area contributed by atoms with Crippen LogP contribution in [-0.2, 0) is 4.79 Å². The Kier molecular flexibility index (Phi) is 4.75. The van der Waals surface area contributed by atoms with Crippen molar-refractivity contribution < 1.29 is 4.79 Å². The summed E-state index contributed by atoms with van der Waals surface area (Å²) in [6.07, 6.45) is 1.18. The zero-order valence-corrected chi connectivity index (χ0v) is 9.99. The van der Waals surface area contributed by atoms with Gasteiger partial charge in [-0.25, -0.2) is 0 Å². The molecule has 0 bridgehead atoms. The molecule has 0 aliphatic carbocycles. The molecule has 1 aliphatic rings. The SMILES string of the molecule is CC(C)NC(=O)CNC1CCSC1C. The molecule has 82 valence electrons. The number of thioether (sulfide) groups is 1. The van der Waals surface area contributed by atoms with Crippen molar-refractivity contribution in [2.45, 2.75) is 44.5 Å². The number of amides is 1. The fourth-order valence-electron chi connectivity index (χ4n) is 1.60. The van der Waals surface area contributed by atoms with Gasteiger partial charge in [-0.15, -0.1) is 0 Å². The lowest BCUT2D eigenvalue weighted by Crippen LogP contribution is -2.43. The van der Waals surface area contributed by atoms with E-state index in [9.17, 15) is 4.79 Å². The Morgan fingerprint density at radius 2 is 2.29 bits per heavy atom. The second-order valence-electron chi connectivity index (χ2n) is 4.07. The number of rotatable bonds is 4. The Morgan fingerprint density at radius 3 is 2.79 bits per heavy atom. The maximum absolute atomic E-state index is 11.3. The van der Waals surface area contributed by atoms with E-state index in [1.54, 1.807) is 0 Å². The molecule has 0 aromatic rings. The number of carbonyl (C=O) groups is 1. The first-order chi connectivity index (χ1) is 6.59. The Morgan fingerprint density at radius 1 is 1.57 bits per heavy atom. The van der Waals surface area contributed by atoms with Crippen molar-refractivity contribution in [1.82, 2.24) is 10.6 Å². The molecule has 0 saturated carbocycles. The predicted octanol–water partition coefficient (Wildman–Crippen LogP) is 0.995. The molecule has 0 spiro atoms. The van der Waals surface area contributed by atoms with Gasteiger partial charge in [0.05, 0.1) is 6.54 Å². The van der Waals surface area contributed by atoms with Gasteiger partial charge in [-0.05, 0) is 26.0 Å². The van der Waals surface area contributed by atoms with Crippen LogP contribution in [0.1, 0.15) is 27.2 Å². The van der Waals surface area contributed by atoms with E-state index in [0.717, 1.165) is 0 Å². The van der Waals surface area contributed by atoms with Gasteiger partial charge in [0.15, 0.2) is 0 Å². The first-order valence-corrected chi connectivity index (χ1v) is 6.29. The van der Waals surface area contributed by atoms with Crippen molar-refractivity contribution in [2.75, 3.05) is 12.3 Å². The molecule has 0 aromatic heterocycles. The van der Waals surface area contributed by atoms with Gasteiger partial charge in [0, 0.05) is 17.3 Å². The Bertz CT molecular complexity index is 197. The smallest absolute Gasteiger partial charge is 0.234 e. The highest BCUT2D eigenvalue weighted by Gasteiger charge is 2.23. The minimum absolute atomic E-state index is 0.101. The minimum Gasteiger partial charge on any atom is -0.353 e.